The number of hydrazone groups is 1. The highest BCUT2D eigenvalue weighted by atomic mass is 127. The van der Waals surface area contributed by atoms with E-state index in [1.165, 1.54) is 14.7 Å². The summed E-state index contributed by atoms with van der Waals surface area (Å²) in [5, 5.41) is 7.11. The molecule has 1 aliphatic heterocycles. The summed E-state index contributed by atoms with van der Waals surface area (Å²) in [6.45, 7) is 0. The van der Waals surface area contributed by atoms with E-state index in [0.717, 1.165) is 17.8 Å². The Labute approximate surface area is 156 Å². The maximum absolute atomic E-state index is 4.96. The Morgan fingerprint density at radius 2 is 1.42 bits per heavy atom. The summed E-state index contributed by atoms with van der Waals surface area (Å²) in [5.74, 6) is 0. The molecule has 1 aliphatic rings. The van der Waals surface area contributed by atoms with Gasteiger partial charge in [0.2, 0.25) is 0 Å². The highest BCUT2D eigenvalue weighted by molar-refractivity contribution is 14.1. The van der Waals surface area contributed by atoms with Crippen LogP contribution in [0.3, 0.4) is 0 Å². The van der Waals surface area contributed by atoms with Gasteiger partial charge < -0.3 is 0 Å². The second kappa shape index (κ2) is 6.77. The van der Waals surface area contributed by atoms with Crippen LogP contribution in [0.5, 0.6) is 0 Å². The van der Waals surface area contributed by atoms with Gasteiger partial charge in [-0.05, 0) is 58.0 Å². The zero-order valence-corrected chi connectivity index (χ0v) is 15.3. The van der Waals surface area contributed by atoms with Gasteiger partial charge in [0, 0.05) is 9.99 Å². The van der Waals surface area contributed by atoms with Crippen molar-refractivity contribution in [3.05, 3.63) is 99.6 Å². The summed E-state index contributed by atoms with van der Waals surface area (Å²) < 4.78 is 1.25. The quantitative estimate of drug-likeness (QED) is 0.497. The average Bonchev–Trinajstić information content (AvgIpc) is 3.09. The number of benzene rings is 3. The summed E-state index contributed by atoms with van der Waals surface area (Å²) >= 11 is 2.35. The van der Waals surface area contributed by atoms with Crippen molar-refractivity contribution in [2.45, 2.75) is 12.5 Å². The van der Waals surface area contributed by atoms with E-state index in [2.05, 4.69) is 100 Å². The lowest BCUT2D eigenvalue weighted by atomic mass is 9.98. The lowest BCUT2D eigenvalue weighted by Crippen LogP contribution is -2.18. The molecule has 1 unspecified atom stereocenters. The highest BCUT2D eigenvalue weighted by Gasteiger charge is 2.29. The Hall–Kier alpha value is -2.14. The van der Waals surface area contributed by atoms with Gasteiger partial charge in [-0.2, -0.15) is 5.10 Å². The van der Waals surface area contributed by atoms with E-state index >= 15 is 0 Å². The minimum Gasteiger partial charge on any atom is -0.257 e. The fourth-order valence-electron chi connectivity index (χ4n) is 3.08. The predicted octanol–water partition coefficient (Wildman–Crippen LogP) is 5.65. The number of rotatable bonds is 3. The second-order valence-electron chi connectivity index (χ2n) is 5.86. The van der Waals surface area contributed by atoms with Gasteiger partial charge in [0.1, 0.15) is 0 Å². The van der Waals surface area contributed by atoms with Crippen LogP contribution in [0, 0.1) is 3.57 Å². The van der Waals surface area contributed by atoms with Crippen molar-refractivity contribution in [3.8, 4) is 0 Å². The number of halogens is 1. The molecule has 0 bridgehead atoms. The van der Waals surface area contributed by atoms with Crippen molar-refractivity contribution >= 4 is 34.0 Å². The van der Waals surface area contributed by atoms with Gasteiger partial charge in [-0.3, -0.25) is 5.01 Å². The van der Waals surface area contributed by atoms with E-state index in [1.807, 2.05) is 12.1 Å². The summed E-state index contributed by atoms with van der Waals surface area (Å²) in [7, 11) is 0. The van der Waals surface area contributed by atoms with E-state index in [9.17, 15) is 0 Å². The highest BCUT2D eigenvalue weighted by Crippen LogP contribution is 2.36. The van der Waals surface area contributed by atoms with Crippen molar-refractivity contribution in [2.24, 2.45) is 5.10 Å². The largest absolute Gasteiger partial charge is 0.257 e. The minimum atomic E-state index is 0.236. The van der Waals surface area contributed by atoms with E-state index in [-0.39, 0.29) is 6.04 Å². The molecule has 0 N–H and O–H groups in total. The molecule has 3 aromatic carbocycles. The van der Waals surface area contributed by atoms with Crippen LogP contribution in [0.2, 0.25) is 0 Å². The van der Waals surface area contributed by atoms with Crippen LogP contribution in [0.15, 0.2) is 90.0 Å². The van der Waals surface area contributed by atoms with Crippen molar-refractivity contribution in [3.63, 3.8) is 0 Å². The molecular weight excluding hydrogens is 407 g/mol. The van der Waals surface area contributed by atoms with Crippen molar-refractivity contribution < 1.29 is 0 Å². The van der Waals surface area contributed by atoms with E-state index in [1.54, 1.807) is 0 Å². The number of nitrogens with zero attached hydrogens (tertiary/aromatic N) is 2. The number of anilines is 1. The predicted molar refractivity (Wildman–Crippen MR) is 108 cm³/mol. The van der Waals surface area contributed by atoms with Gasteiger partial charge in [-0.15, -0.1) is 0 Å². The Morgan fingerprint density at radius 3 is 2.08 bits per heavy atom. The van der Waals surface area contributed by atoms with Gasteiger partial charge in [0.15, 0.2) is 0 Å². The van der Waals surface area contributed by atoms with Crippen LogP contribution in [0.25, 0.3) is 0 Å². The first-order valence-electron chi connectivity index (χ1n) is 8.04. The lowest BCUT2D eigenvalue weighted by Gasteiger charge is -2.24. The first-order valence-corrected chi connectivity index (χ1v) is 9.12. The van der Waals surface area contributed by atoms with Crippen LogP contribution in [0.4, 0.5) is 5.69 Å². The summed E-state index contributed by atoms with van der Waals surface area (Å²) in [4.78, 5) is 0. The maximum atomic E-state index is 4.96. The fourth-order valence-corrected chi connectivity index (χ4v) is 3.44. The molecule has 24 heavy (non-hydrogen) atoms. The van der Waals surface area contributed by atoms with Gasteiger partial charge in [0.25, 0.3) is 0 Å². The number of para-hydroxylation sites is 1. The van der Waals surface area contributed by atoms with Gasteiger partial charge >= 0.3 is 0 Å². The maximum Gasteiger partial charge on any atom is 0.0831 e. The van der Waals surface area contributed by atoms with Crippen LogP contribution in [0.1, 0.15) is 23.6 Å². The molecule has 0 spiro atoms. The fraction of sp³-hybridized carbons (Fsp3) is 0.0952. The second-order valence-corrected chi connectivity index (χ2v) is 7.11. The Bertz CT molecular complexity index is 842. The third kappa shape index (κ3) is 3.08. The lowest BCUT2D eigenvalue weighted by molar-refractivity contribution is 0.709. The van der Waals surface area contributed by atoms with Crippen LogP contribution in [-0.4, -0.2) is 5.71 Å². The number of hydrogen-bond acceptors (Lipinski definition) is 2. The third-order valence-corrected chi connectivity index (χ3v) is 5.01. The monoisotopic (exact) mass is 424 g/mol. The molecule has 4 rings (SSSR count). The first-order chi connectivity index (χ1) is 11.8. The molecule has 3 aromatic rings. The third-order valence-electron chi connectivity index (χ3n) is 4.29. The normalized spacial score (nSPS) is 17.0. The van der Waals surface area contributed by atoms with Crippen molar-refractivity contribution in [2.75, 3.05) is 5.01 Å². The molecule has 0 amide bonds. The van der Waals surface area contributed by atoms with E-state index < -0.39 is 0 Å². The SMILES string of the molecule is Ic1ccc(C2CC(c3ccccc3)=NN2c2ccccc2)cc1. The standard InChI is InChI=1S/C21H17IN2/c22-18-13-11-17(12-14-18)21-15-20(16-7-3-1-4-8-16)23-24(21)19-9-5-2-6-10-19/h1-14,21H,15H2. The van der Waals surface area contributed by atoms with E-state index in [4.69, 9.17) is 5.10 Å². The molecule has 1 atom stereocenters. The molecule has 1 heterocycles. The van der Waals surface area contributed by atoms with E-state index in [0.29, 0.717) is 0 Å². The Morgan fingerprint density at radius 1 is 0.792 bits per heavy atom. The van der Waals surface area contributed by atoms with Crippen LogP contribution < -0.4 is 5.01 Å². The molecule has 0 saturated heterocycles. The molecule has 0 aliphatic carbocycles. The average molecular weight is 424 g/mol. The molecule has 0 fully saturated rings. The topological polar surface area (TPSA) is 15.6 Å². The molecule has 0 aromatic heterocycles. The molecule has 118 valence electrons. The van der Waals surface area contributed by atoms with Gasteiger partial charge in [0.05, 0.1) is 17.4 Å². The van der Waals surface area contributed by atoms with Gasteiger partial charge in [-0.1, -0.05) is 60.7 Å². The van der Waals surface area contributed by atoms with Crippen molar-refractivity contribution in [1.82, 2.24) is 0 Å². The summed E-state index contributed by atoms with van der Waals surface area (Å²) in [6.07, 6.45) is 0.916. The first kappa shape index (κ1) is 15.4. The molecular formula is C21H17IN2. The van der Waals surface area contributed by atoms with Crippen LogP contribution in [-0.2, 0) is 0 Å². The summed E-state index contributed by atoms with van der Waals surface area (Å²) in [5.41, 5.74) is 4.77. The minimum absolute atomic E-state index is 0.236. The zero-order chi connectivity index (χ0) is 16.4. The molecule has 2 nitrogen and oxygen atoms in total. The molecule has 0 saturated carbocycles. The smallest absolute Gasteiger partial charge is 0.0831 e. The van der Waals surface area contributed by atoms with Crippen LogP contribution >= 0.6 is 22.6 Å². The van der Waals surface area contributed by atoms with Crippen molar-refractivity contribution in [1.29, 1.82) is 0 Å². The van der Waals surface area contributed by atoms with Gasteiger partial charge in [-0.25, -0.2) is 0 Å². The Balaban J connectivity index is 1.74. The molecule has 3 heteroatoms. The molecule has 0 radical (unpaired) electrons. The Kier molecular flexibility index (Phi) is 4.34. The number of hydrogen-bond donors (Lipinski definition) is 0. The zero-order valence-electron chi connectivity index (χ0n) is 13.1. The summed E-state index contributed by atoms with van der Waals surface area (Å²) in [6, 6.07) is 29.9.